The number of nitrogens with zero attached hydrogens (tertiary/aromatic N) is 1. The van der Waals surface area contributed by atoms with Gasteiger partial charge in [-0.2, -0.15) is 4.31 Å². The van der Waals surface area contributed by atoms with E-state index in [1.807, 2.05) is 25.1 Å². The van der Waals surface area contributed by atoms with Crippen molar-refractivity contribution in [2.45, 2.75) is 29.9 Å². The average Bonchev–Trinajstić information content (AvgIpc) is 3.17. The molecule has 2 saturated heterocycles. The highest BCUT2D eigenvalue weighted by atomic mass is 32.2. The van der Waals surface area contributed by atoms with Crippen molar-refractivity contribution in [3.05, 3.63) is 60.2 Å². The van der Waals surface area contributed by atoms with Crippen LogP contribution in [0.1, 0.15) is 12.0 Å². The quantitative estimate of drug-likeness (QED) is 0.802. The summed E-state index contributed by atoms with van der Waals surface area (Å²) in [5.74, 6) is 0. The Labute approximate surface area is 139 Å². The molecule has 120 valence electrons. The number of benzene rings is 2. The number of hydrogen-bond donors (Lipinski definition) is 0. The third-order valence-electron chi connectivity index (χ3n) is 4.91. The first-order valence-corrected chi connectivity index (χ1v) is 11.0. The van der Waals surface area contributed by atoms with E-state index in [4.69, 9.17) is 0 Å². The molecule has 5 heteroatoms. The van der Waals surface area contributed by atoms with E-state index in [1.54, 1.807) is 16.4 Å². The normalized spacial score (nSPS) is 27.4. The minimum absolute atomic E-state index is 0.178. The van der Waals surface area contributed by atoms with Gasteiger partial charge in [0.05, 0.1) is 4.90 Å². The van der Waals surface area contributed by atoms with Crippen LogP contribution in [0.5, 0.6) is 0 Å². The average molecular weight is 345 g/mol. The molecule has 4 rings (SSSR count). The largest absolute Gasteiger partial charge is 0.243 e. The molecule has 2 fully saturated rings. The second-order valence-corrected chi connectivity index (χ2v) is 10.9. The van der Waals surface area contributed by atoms with Crippen molar-refractivity contribution in [2.24, 2.45) is 0 Å². The van der Waals surface area contributed by atoms with Gasteiger partial charge in [0.15, 0.2) is 0 Å². The molecule has 0 N–H and O–H groups in total. The van der Waals surface area contributed by atoms with E-state index in [1.165, 1.54) is 5.30 Å². The molecule has 2 aromatic carbocycles. The van der Waals surface area contributed by atoms with Crippen LogP contribution in [0.3, 0.4) is 0 Å². The molecule has 0 spiro atoms. The van der Waals surface area contributed by atoms with E-state index in [0.717, 1.165) is 18.1 Å². The van der Waals surface area contributed by atoms with Gasteiger partial charge in [-0.25, -0.2) is 8.42 Å². The van der Waals surface area contributed by atoms with Crippen molar-refractivity contribution in [1.82, 2.24) is 4.31 Å². The first kappa shape index (κ1) is 15.3. The van der Waals surface area contributed by atoms with Crippen molar-refractivity contribution in [1.29, 1.82) is 0 Å². The monoisotopic (exact) mass is 345 g/mol. The molecule has 2 aliphatic heterocycles. The summed E-state index contributed by atoms with van der Waals surface area (Å²) in [6.07, 6.45) is 2.03. The molecule has 3 nitrogen and oxygen atoms in total. The number of aryl methyl sites for hydroxylation is 1. The Bertz CT molecular complexity index is 805. The van der Waals surface area contributed by atoms with Crippen LogP contribution in [-0.4, -0.2) is 37.1 Å². The third-order valence-corrected chi connectivity index (χ3v) is 9.87. The zero-order valence-electron chi connectivity index (χ0n) is 13.1. The van der Waals surface area contributed by atoms with Crippen LogP contribution in [0.2, 0.25) is 0 Å². The molecule has 2 aliphatic rings. The van der Waals surface area contributed by atoms with Gasteiger partial charge in [-0.3, -0.25) is 0 Å². The summed E-state index contributed by atoms with van der Waals surface area (Å²) < 4.78 is 27.6. The van der Waals surface area contributed by atoms with Crippen LogP contribution in [-0.2, 0) is 10.0 Å². The number of hydrogen-bond acceptors (Lipinski definition) is 2. The molecule has 2 heterocycles. The van der Waals surface area contributed by atoms with Crippen LogP contribution in [0.4, 0.5) is 0 Å². The van der Waals surface area contributed by atoms with Crippen LogP contribution in [0, 0.1) is 6.92 Å². The highest BCUT2D eigenvalue weighted by Crippen LogP contribution is 2.55. The zero-order chi connectivity index (χ0) is 16.0. The van der Waals surface area contributed by atoms with E-state index < -0.39 is 10.0 Å². The van der Waals surface area contributed by atoms with E-state index in [2.05, 4.69) is 24.3 Å². The van der Waals surface area contributed by atoms with Gasteiger partial charge in [0, 0.05) is 12.6 Å². The molecular weight excluding hydrogens is 325 g/mol. The molecule has 0 saturated carbocycles. The lowest BCUT2D eigenvalue weighted by molar-refractivity contribution is 0.408. The Balaban J connectivity index is 1.57. The van der Waals surface area contributed by atoms with Crippen LogP contribution in [0.15, 0.2) is 59.5 Å². The molecule has 2 bridgehead atoms. The van der Waals surface area contributed by atoms with Crippen molar-refractivity contribution in [3.8, 4) is 0 Å². The first-order chi connectivity index (χ1) is 11.1. The maximum absolute atomic E-state index is 12.9. The first-order valence-electron chi connectivity index (χ1n) is 7.96. The second-order valence-electron chi connectivity index (χ2n) is 6.42. The predicted octanol–water partition coefficient (Wildman–Crippen LogP) is 2.95. The molecule has 1 unspecified atom stereocenters. The Morgan fingerprint density at radius 3 is 2.35 bits per heavy atom. The van der Waals surface area contributed by atoms with E-state index in [9.17, 15) is 8.42 Å². The fourth-order valence-electron chi connectivity index (χ4n) is 3.71. The summed E-state index contributed by atoms with van der Waals surface area (Å²) in [5.41, 5.74) is 1.59. The fraction of sp³-hybridized carbons (Fsp3) is 0.333. The highest BCUT2D eigenvalue weighted by Gasteiger charge is 2.49. The number of rotatable bonds is 3. The molecule has 23 heavy (non-hydrogen) atoms. The van der Waals surface area contributed by atoms with Crippen LogP contribution in [0.25, 0.3) is 0 Å². The summed E-state index contributed by atoms with van der Waals surface area (Å²) in [6.45, 7) is 2.66. The summed E-state index contributed by atoms with van der Waals surface area (Å²) in [7, 11) is -3.56. The Kier molecular flexibility index (Phi) is 3.79. The molecule has 2 aromatic rings. The predicted molar refractivity (Wildman–Crippen MR) is 95.1 cm³/mol. The standard InChI is InChI=1S/C18H20NO2PS/c1-14-7-9-18(10-8-14)23(20,21)19-12-17-11-15(19)13-22(17)16-5-3-2-4-6-16/h2-10,15,17H,11-13H2,1H3/t15-,17+,22?/m0/s1. The lowest BCUT2D eigenvalue weighted by atomic mass is 10.2. The van der Waals surface area contributed by atoms with Gasteiger partial charge in [0.2, 0.25) is 10.0 Å². The van der Waals surface area contributed by atoms with Crippen molar-refractivity contribution in [2.75, 3.05) is 12.7 Å². The highest BCUT2D eigenvalue weighted by molar-refractivity contribution is 7.89. The van der Waals surface area contributed by atoms with Crippen LogP contribution >= 0.6 is 7.92 Å². The topological polar surface area (TPSA) is 37.4 Å². The molecule has 0 amide bonds. The molecule has 3 atom stereocenters. The van der Waals surface area contributed by atoms with Gasteiger partial charge >= 0.3 is 0 Å². The van der Waals surface area contributed by atoms with Crippen LogP contribution < -0.4 is 5.30 Å². The summed E-state index contributed by atoms with van der Waals surface area (Å²) in [5, 5.41) is 1.42. The summed E-state index contributed by atoms with van der Waals surface area (Å²) in [4.78, 5) is 0.430. The van der Waals surface area contributed by atoms with E-state index in [0.29, 0.717) is 17.1 Å². The van der Waals surface area contributed by atoms with Gasteiger partial charge in [-0.1, -0.05) is 55.9 Å². The molecular formula is C18H20NO2PS. The van der Waals surface area contributed by atoms with Crippen molar-refractivity contribution < 1.29 is 8.42 Å². The number of sulfonamides is 1. The van der Waals surface area contributed by atoms with Gasteiger partial charge in [0.25, 0.3) is 0 Å². The van der Waals surface area contributed by atoms with Crippen molar-refractivity contribution >= 4 is 23.2 Å². The minimum atomic E-state index is -3.35. The zero-order valence-corrected chi connectivity index (χ0v) is 14.8. The lowest BCUT2D eigenvalue weighted by Crippen LogP contribution is -2.40. The van der Waals surface area contributed by atoms with Gasteiger partial charge in [-0.05, 0) is 42.6 Å². The lowest BCUT2D eigenvalue weighted by Gasteiger charge is -2.31. The fourth-order valence-corrected chi connectivity index (χ4v) is 8.76. The second kappa shape index (κ2) is 5.70. The molecule has 0 aliphatic carbocycles. The van der Waals surface area contributed by atoms with E-state index in [-0.39, 0.29) is 14.0 Å². The minimum Gasteiger partial charge on any atom is -0.207 e. The Hall–Kier alpha value is -1.22. The maximum atomic E-state index is 12.9. The Morgan fingerprint density at radius 1 is 1.04 bits per heavy atom. The summed E-state index contributed by atoms with van der Waals surface area (Å²) in [6, 6.07) is 18.0. The van der Waals surface area contributed by atoms with Gasteiger partial charge < -0.3 is 0 Å². The third kappa shape index (κ3) is 2.63. The van der Waals surface area contributed by atoms with E-state index >= 15 is 0 Å². The van der Waals surface area contributed by atoms with Crippen molar-refractivity contribution in [3.63, 3.8) is 0 Å². The number of fused-ring (bicyclic) bond motifs is 2. The Morgan fingerprint density at radius 2 is 1.74 bits per heavy atom. The SMILES string of the molecule is Cc1ccc(S(=O)(=O)N2C[C@H]3C[C@H]2CP3c2ccccc2)cc1. The van der Waals surface area contributed by atoms with Gasteiger partial charge in [0.1, 0.15) is 0 Å². The molecule has 0 aromatic heterocycles. The van der Waals surface area contributed by atoms with Gasteiger partial charge in [-0.15, -0.1) is 0 Å². The maximum Gasteiger partial charge on any atom is 0.243 e. The molecule has 0 radical (unpaired) electrons. The smallest absolute Gasteiger partial charge is 0.207 e. The summed E-state index contributed by atoms with van der Waals surface area (Å²) >= 11 is 0.